The summed E-state index contributed by atoms with van der Waals surface area (Å²) in [5.74, 6) is 0. The summed E-state index contributed by atoms with van der Waals surface area (Å²) < 4.78 is 24.0. The Morgan fingerprint density at radius 1 is 1.18 bits per heavy atom. The summed E-state index contributed by atoms with van der Waals surface area (Å²) in [7, 11) is -2.81. The molecule has 0 heterocycles. The van der Waals surface area contributed by atoms with Gasteiger partial charge >= 0.3 is 11.0 Å². The quantitative estimate of drug-likeness (QED) is 0.502. The van der Waals surface area contributed by atoms with Crippen molar-refractivity contribution in [2.45, 2.75) is 32.1 Å². The number of hydrogen-bond donors (Lipinski definition) is 1. The van der Waals surface area contributed by atoms with E-state index in [2.05, 4.69) is 9.44 Å². The van der Waals surface area contributed by atoms with Crippen molar-refractivity contribution < 1.29 is 12.7 Å². The molecule has 0 aromatic heterocycles. The maximum Gasteiger partial charge on any atom is 0.318 e. The highest BCUT2D eigenvalue weighted by Crippen LogP contribution is 2.14. The fraction of sp³-hybridized carbons (Fsp3) is 0.833. The van der Waals surface area contributed by atoms with E-state index in [-0.39, 0.29) is 0 Å². The van der Waals surface area contributed by atoms with Gasteiger partial charge in [0.15, 0.2) is 0 Å². The molecule has 0 amide bonds. The van der Waals surface area contributed by atoms with Gasteiger partial charge in [-0.15, -0.1) is 0 Å². The lowest BCUT2D eigenvalue weighted by Crippen LogP contribution is -2.04. The Balaban J connectivity index is 2.37. The second-order valence-electron chi connectivity index (χ2n) is 2.52. The number of oxime groups is 1. The highest BCUT2D eigenvalue weighted by atomic mass is 32.2. The SMILES string of the molecule is O=[SH](=O)ON=C1CCCCC1. The van der Waals surface area contributed by atoms with Crippen molar-refractivity contribution in [3.63, 3.8) is 0 Å². The Hall–Kier alpha value is -0.580. The molecule has 1 rings (SSSR count). The van der Waals surface area contributed by atoms with Crippen LogP contribution in [0.1, 0.15) is 32.1 Å². The summed E-state index contributed by atoms with van der Waals surface area (Å²) in [5.41, 5.74) is 0.871. The molecule has 0 aromatic carbocycles. The molecule has 0 spiro atoms. The zero-order chi connectivity index (χ0) is 8.10. The summed E-state index contributed by atoms with van der Waals surface area (Å²) in [6.45, 7) is 0. The number of nitrogens with zero attached hydrogens (tertiary/aromatic N) is 1. The third-order valence-electron chi connectivity index (χ3n) is 1.67. The molecule has 64 valence electrons. The smallest absolute Gasteiger partial charge is 0.271 e. The van der Waals surface area contributed by atoms with Gasteiger partial charge in [0.1, 0.15) is 0 Å². The fourth-order valence-corrected chi connectivity index (χ4v) is 1.32. The normalized spacial score (nSPS) is 18.5. The van der Waals surface area contributed by atoms with Gasteiger partial charge in [0.2, 0.25) is 0 Å². The Kier molecular flexibility index (Phi) is 3.35. The first-order valence-electron chi connectivity index (χ1n) is 3.66. The summed E-state index contributed by atoms with van der Waals surface area (Å²) in [6, 6.07) is 0. The number of thiol groups is 1. The minimum Gasteiger partial charge on any atom is -0.271 e. The number of rotatable bonds is 2. The van der Waals surface area contributed by atoms with E-state index >= 15 is 0 Å². The highest BCUT2D eigenvalue weighted by molar-refractivity contribution is 7.67. The molecule has 0 aliphatic heterocycles. The Morgan fingerprint density at radius 2 is 1.82 bits per heavy atom. The predicted molar refractivity (Wildman–Crippen MR) is 41.9 cm³/mol. The molecule has 0 aromatic rings. The van der Waals surface area contributed by atoms with Crippen molar-refractivity contribution in [1.82, 2.24) is 0 Å². The molecule has 0 bridgehead atoms. The van der Waals surface area contributed by atoms with Gasteiger partial charge in [0.25, 0.3) is 0 Å². The van der Waals surface area contributed by atoms with Crippen LogP contribution in [0.5, 0.6) is 0 Å². The lowest BCUT2D eigenvalue weighted by molar-refractivity contribution is 0.351. The number of hydrogen-bond acceptors (Lipinski definition) is 4. The van der Waals surface area contributed by atoms with Gasteiger partial charge in [0, 0.05) is 0 Å². The van der Waals surface area contributed by atoms with Crippen LogP contribution in [0, 0.1) is 0 Å². The van der Waals surface area contributed by atoms with Crippen molar-refractivity contribution in [2.24, 2.45) is 5.16 Å². The van der Waals surface area contributed by atoms with Crippen LogP contribution in [0.15, 0.2) is 5.16 Å². The minimum atomic E-state index is -2.81. The lowest BCUT2D eigenvalue weighted by Gasteiger charge is -2.09. The van der Waals surface area contributed by atoms with Crippen molar-refractivity contribution in [3.8, 4) is 0 Å². The van der Waals surface area contributed by atoms with Gasteiger partial charge in [-0.2, -0.15) is 8.42 Å². The maximum atomic E-state index is 9.95. The topological polar surface area (TPSA) is 55.7 Å². The highest BCUT2D eigenvalue weighted by Gasteiger charge is 2.06. The van der Waals surface area contributed by atoms with Gasteiger partial charge in [-0.1, -0.05) is 11.6 Å². The summed E-state index contributed by atoms with van der Waals surface area (Å²) in [4.78, 5) is 0. The monoisotopic (exact) mass is 177 g/mol. The van der Waals surface area contributed by atoms with E-state index in [9.17, 15) is 8.42 Å². The average Bonchev–Trinajstić information content (AvgIpc) is 2.03. The molecule has 4 nitrogen and oxygen atoms in total. The van der Waals surface area contributed by atoms with Crippen LogP contribution in [0.4, 0.5) is 0 Å². The maximum absolute atomic E-state index is 9.95. The third-order valence-corrected chi connectivity index (χ3v) is 1.88. The van der Waals surface area contributed by atoms with E-state index in [1.807, 2.05) is 0 Å². The van der Waals surface area contributed by atoms with Gasteiger partial charge in [-0.25, -0.2) is 0 Å². The average molecular weight is 177 g/mol. The summed E-state index contributed by atoms with van der Waals surface area (Å²) >= 11 is 0. The van der Waals surface area contributed by atoms with Gasteiger partial charge < -0.3 is 0 Å². The standard InChI is InChI=1S/C6H11NO3S/c8-11(9)10-7-6-4-2-1-3-5-6/h11H,1-5H2. The van der Waals surface area contributed by atoms with Crippen LogP contribution < -0.4 is 0 Å². The third kappa shape index (κ3) is 3.36. The predicted octanol–water partition coefficient (Wildman–Crippen LogP) is 0.850. The van der Waals surface area contributed by atoms with Crippen molar-refractivity contribution in [3.05, 3.63) is 0 Å². The van der Waals surface area contributed by atoms with E-state index in [0.717, 1.165) is 31.4 Å². The van der Waals surface area contributed by atoms with E-state index < -0.39 is 11.0 Å². The Labute approximate surface area is 67.4 Å². The first-order chi connectivity index (χ1) is 5.29. The lowest BCUT2D eigenvalue weighted by atomic mass is 9.99. The van der Waals surface area contributed by atoms with Gasteiger partial charge in [-0.3, -0.25) is 4.28 Å². The van der Waals surface area contributed by atoms with E-state index in [1.54, 1.807) is 0 Å². The molecule has 0 radical (unpaired) electrons. The van der Waals surface area contributed by atoms with Crippen LogP contribution in [0.3, 0.4) is 0 Å². The van der Waals surface area contributed by atoms with Crippen molar-refractivity contribution in [1.29, 1.82) is 0 Å². The largest absolute Gasteiger partial charge is 0.318 e. The summed E-state index contributed by atoms with van der Waals surface area (Å²) in [5, 5.41) is 3.50. The van der Waals surface area contributed by atoms with Crippen LogP contribution >= 0.6 is 0 Å². The van der Waals surface area contributed by atoms with E-state index in [1.165, 1.54) is 6.42 Å². The molecule has 5 heteroatoms. The second-order valence-corrected chi connectivity index (χ2v) is 3.13. The molecule has 0 N–H and O–H groups in total. The molecule has 1 aliphatic rings. The zero-order valence-corrected chi connectivity index (χ0v) is 7.05. The molecule has 11 heavy (non-hydrogen) atoms. The summed E-state index contributed by atoms with van der Waals surface area (Å²) in [6.07, 6.45) is 5.16. The van der Waals surface area contributed by atoms with Crippen LogP contribution in [0.25, 0.3) is 0 Å². The molecular weight excluding hydrogens is 166 g/mol. The van der Waals surface area contributed by atoms with Crippen LogP contribution in [-0.4, -0.2) is 14.1 Å². The van der Waals surface area contributed by atoms with Crippen molar-refractivity contribution in [2.75, 3.05) is 0 Å². The van der Waals surface area contributed by atoms with Crippen molar-refractivity contribution >= 4 is 16.7 Å². The van der Waals surface area contributed by atoms with Crippen LogP contribution in [-0.2, 0) is 15.3 Å². The Morgan fingerprint density at radius 3 is 2.36 bits per heavy atom. The van der Waals surface area contributed by atoms with Gasteiger partial charge in [-0.05, 0) is 25.7 Å². The fourth-order valence-electron chi connectivity index (χ4n) is 1.14. The molecule has 1 aliphatic carbocycles. The minimum absolute atomic E-state index is 0.871. The molecular formula is C6H11NO3S. The second kappa shape index (κ2) is 4.33. The molecule has 1 fully saturated rings. The van der Waals surface area contributed by atoms with Gasteiger partial charge in [0.05, 0.1) is 5.71 Å². The van der Waals surface area contributed by atoms with E-state index in [4.69, 9.17) is 0 Å². The molecule has 0 saturated heterocycles. The first kappa shape index (κ1) is 8.52. The Bertz CT molecular complexity index is 206. The van der Waals surface area contributed by atoms with E-state index in [0.29, 0.717) is 0 Å². The first-order valence-corrected chi connectivity index (χ1v) is 4.76. The molecule has 1 saturated carbocycles. The molecule has 0 unspecified atom stereocenters. The van der Waals surface area contributed by atoms with Crippen LogP contribution in [0.2, 0.25) is 0 Å². The molecule has 0 atom stereocenters. The zero-order valence-electron chi connectivity index (χ0n) is 6.15.